The lowest BCUT2D eigenvalue weighted by Gasteiger charge is -2.35. The Morgan fingerprint density at radius 2 is 1.72 bits per heavy atom. The van der Waals surface area contributed by atoms with Crippen molar-refractivity contribution in [2.75, 3.05) is 31.9 Å². The van der Waals surface area contributed by atoms with Gasteiger partial charge in [-0.15, -0.1) is 11.8 Å². The Bertz CT molecular complexity index is 621. The van der Waals surface area contributed by atoms with Crippen molar-refractivity contribution in [3.8, 4) is 0 Å². The number of rotatable bonds is 4. The molecule has 2 amide bonds. The zero-order chi connectivity index (χ0) is 17.8. The largest absolute Gasteiger partial charge is 0.372 e. The number of likely N-dealkylation sites (tertiary alicyclic amines) is 1. The van der Waals surface area contributed by atoms with Crippen molar-refractivity contribution < 1.29 is 14.3 Å². The van der Waals surface area contributed by atoms with Gasteiger partial charge in [-0.3, -0.25) is 9.59 Å². The summed E-state index contributed by atoms with van der Waals surface area (Å²) in [5.41, 5.74) is 0.683. The van der Waals surface area contributed by atoms with Crippen LogP contribution in [0.25, 0.3) is 0 Å². The number of nitrogens with zero attached hydrogens (tertiary/aromatic N) is 2. The minimum Gasteiger partial charge on any atom is -0.372 e. The van der Waals surface area contributed by atoms with E-state index >= 15 is 0 Å². The maximum Gasteiger partial charge on any atom is 0.255 e. The molecule has 136 valence electrons. The van der Waals surface area contributed by atoms with Gasteiger partial charge in [0.15, 0.2) is 0 Å². The summed E-state index contributed by atoms with van der Waals surface area (Å²) >= 11 is 1.47. The second kappa shape index (κ2) is 8.23. The van der Waals surface area contributed by atoms with E-state index in [-0.39, 0.29) is 24.0 Å². The van der Waals surface area contributed by atoms with Gasteiger partial charge in [-0.1, -0.05) is 12.1 Å². The third-order valence-electron chi connectivity index (χ3n) is 4.63. The summed E-state index contributed by atoms with van der Waals surface area (Å²) in [6, 6.07) is 7.59. The molecule has 2 atom stereocenters. The van der Waals surface area contributed by atoms with Crippen molar-refractivity contribution in [1.29, 1.82) is 0 Å². The Balaban J connectivity index is 1.67. The van der Waals surface area contributed by atoms with Crippen molar-refractivity contribution in [2.24, 2.45) is 0 Å². The molecule has 0 aromatic heterocycles. The molecular formula is C19H26N2O3S. The number of morpholine rings is 1. The van der Waals surface area contributed by atoms with Gasteiger partial charge in [-0.25, -0.2) is 0 Å². The second-order valence-corrected chi connectivity index (χ2v) is 7.86. The van der Waals surface area contributed by atoms with E-state index in [0.717, 1.165) is 30.8 Å². The van der Waals surface area contributed by atoms with E-state index in [0.29, 0.717) is 24.4 Å². The molecule has 0 bridgehead atoms. The molecule has 2 fully saturated rings. The standard InChI is InChI=1S/C19H26N2O3S/c1-14-11-21(12-15(2)24-14)19(23)16-7-3-4-8-17(16)25-13-18(22)20-9-5-6-10-20/h3-4,7-8,14-15H,5-6,9-13H2,1-2H3. The van der Waals surface area contributed by atoms with Crippen molar-refractivity contribution in [3.63, 3.8) is 0 Å². The van der Waals surface area contributed by atoms with Crippen LogP contribution in [0.3, 0.4) is 0 Å². The van der Waals surface area contributed by atoms with Crippen LogP contribution in [0.5, 0.6) is 0 Å². The van der Waals surface area contributed by atoms with Gasteiger partial charge >= 0.3 is 0 Å². The average Bonchev–Trinajstić information content (AvgIpc) is 3.13. The minimum absolute atomic E-state index is 0.0266. The number of ether oxygens (including phenoxy) is 1. The highest BCUT2D eigenvalue weighted by Crippen LogP contribution is 2.26. The lowest BCUT2D eigenvalue weighted by Crippen LogP contribution is -2.48. The molecular weight excluding hydrogens is 336 g/mol. The Morgan fingerprint density at radius 1 is 1.08 bits per heavy atom. The summed E-state index contributed by atoms with van der Waals surface area (Å²) in [5.74, 6) is 0.581. The highest BCUT2D eigenvalue weighted by Gasteiger charge is 2.28. The van der Waals surface area contributed by atoms with E-state index < -0.39 is 0 Å². The molecule has 25 heavy (non-hydrogen) atoms. The fourth-order valence-corrected chi connectivity index (χ4v) is 4.43. The molecule has 6 heteroatoms. The predicted octanol–water partition coefficient (Wildman–Crippen LogP) is 2.65. The van der Waals surface area contributed by atoms with E-state index in [1.807, 2.05) is 47.9 Å². The first-order valence-corrected chi connectivity index (χ1v) is 9.97. The van der Waals surface area contributed by atoms with Gasteiger partial charge in [0.05, 0.1) is 23.5 Å². The Labute approximate surface area is 153 Å². The average molecular weight is 362 g/mol. The quantitative estimate of drug-likeness (QED) is 0.773. The normalized spacial score (nSPS) is 23.8. The summed E-state index contributed by atoms with van der Waals surface area (Å²) in [6.45, 7) is 6.92. The van der Waals surface area contributed by atoms with Crippen LogP contribution in [-0.4, -0.2) is 65.8 Å². The van der Waals surface area contributed by atoms with Gasteiger partial charge in [0.1, 0.15) is 0 Å². The SMILES string of the molecule is CC1CN(C(=O)c2ccccc2SCC(=O)N2CCCC2)CC(C)O1. The van der Waals surface area contributed by atoms with Crippen LogP contribution in [0.2, 0.25) is 0 Å². The lowest BCUT2D eigenvalue weighted by molar-refractivity contribution is -0.127. The van der Waals surface area contributed by atoms with Crippen LogP contribution in [0.1, 0.15) is 37.0 Å². The van der Waals surface area contributed by atoms with E-state index in [4.69, 9.17) is 4.74 Å². The van der Waals surface area contributed by atoms with Crippen LogP contribution in [0, 0.1) is 0 Å². The maximum absolute atomic E-state index is 13.0. The van der Waals surface area contributed by atoms with Crippen LogP contribution in [-0.2, 0) is 9.53 Å². The highest BCUT2D eigenvalue weighted by molar-refractivity contribution is 8.00. The van der Waals surface area contributed by atoms with Crippen LogP contribution in [0.15, 0.2) is 29.2 Å². The molecule has 1 aromatic rings. The number of hydrogen-bond acceptors (Lipinski definition) is 4. The van der Waals surface area contributed by atoms with Crippen LogP contribution >= 0.6 is 11.8 Å². The van der Waals surface area contributed by atoms with Gasteiger partial charge in [-0.05, 0) is 38.8 Å². The number of carbonyl (C=O) groups excluding carboxylic acids is 2. The van der Waals surface area contributed by atoms with Crippen LogP contribution in [0.4, 0.5) is 0 Å². The number of hydrogen-bond donors (Lipinski definition) is 0. The zero-order valence-electron chi connectivity index (χ0n) is 14.9. The van der Waals surface area contributed by atoms with Crippen molar-refractivity contribution in [2.45, 2.75) is 43.8 Å². The summed E-state index contributed by atoms with van der Waals surface area (Å²) < 4.78 is 5.72. The molecule has 2 saturated heterocycles. The molecule has 5 nitrogen and oxygen atoms in total. The lowest BCUT2D eigenvalue weighted by atomic mass is 10.1. The van der Waals surface area contributed by atoms with Gasteiger partial charge in [0.2, 0.25) is 5.91 Å². The Morgan fingerprint density at radius 3 is 2.40 bits per heavy atom. The first-order chi connectivity index (χ1) is 12.0. The molecule has 1 aromatic carbocycles. The van der Waals surface area contributed by atoms with Crippen molar-refractivity contribution >= 4 is 23.6 Å². The van der Waals surface area contributed by atoms with E-state index in [1.165, 1.54) is 11.8 Å². The molecule has 0 spiro atoms. The molecule has 2 aliphatic rings. The van der Waals surface area contributed by atoms with E-state index in [2.05, 4.69) is 0 Å². The monoisotopic (exact) mass is 362 g/mol. The first kappa shape index (κ1) is 18.3. The van der Waals surface area contributed by atoms with Gasteiger partial charge in [-0.2, -0.15) is 0 Å². The summed E-state index contributed by atoms with van der Waals surface area (Å²) in [6.07, 6.45) is 2.28. The molecule has 0 aliphatic carbocycles. The Kier molecular flexibility index (Phi) is 6.02. The Hall–Kier alpha value is -1.53. The summed E-state index contributed by atoms with van der Waals surface area (Å²) in [5, 5.41) is 0. The molecule has 0 N–H and O–H groups in total. The molecule has 0 saturated carbocycles. The summed E-state index contributed by atoms with van der Waals surface area (Å²) in [7, 11) is 0. The maximum atomic E-state index is 13.0. The van der Waals surface area contributed by atoms with Crippen molar-refractivity contribution in [3.05, 3.63) is 29.8 Å². The zero-order valence-corrected chi connectivity index (χ0v) is 15.8. The third kappa shape index (κ3) is 4.55. The number of amides is 2. The molecule has 2 aliphatic heterocycles. The molecule has 2 unspecified atom stereocenters. The summed E-state index contributed by atoms with van der Waals surface area (Å²) in [4.78, 5) is 29.9. The fraction of sp³-hybridized carbons (Fsp3) is 0.579. The topological polar surface area (TPSA) is 49.9 Å². The molecule has 2 heterocycles. The van der Waals surface area contributed by atoms with Crippen LogP contribution < -0.4 is 0 Å². The van der Waals surface area contributed by atoms with Gasteiger partial charge < -0.3 is 14.5 Å². The molecule has 3 rings (SSSR count). The molecule has 0 radical (unpaired) electrons. The fourth-order valence-electron chi connectivity index (χ4n) is 3.48. The first-order valence-electron chi connectivity index (χ1n) is 8.99. The second-order valence-electron chi connectivity index (χ2n) is 6.84. The highest BCUT2D eigenvalue weighted by atomic mass is 32.2. The predicted molar refractivity (Wildman–Crippen MR) is 98.9 cm³/mol. The number of thioether (sulfide) groups is 1. The number of carbonyl (C=O) groups is 2. The smallest absolute Gasteiger partial charge is 0.255 e. The number of benzene rings is 1. The van der Waals surface area contributed by atoms with Gasteiger partial charge in [0.25, 0.3) is 5.91 Å². The van der Waals surface area contributed by atoms with Crippen molar-refractivity contribution in [1.82, 2.24) is 9.80 Å². The van der Waals surface area contributed by atoms with E-state index in [9.17, 15) is 9.59 Å². The third-order valence-corrected chi connectivity index (χ3v) is 5.69. The minimum atomic E-state index is 0.0266. The van der Waals surface area contributed by atoms with Gasteiger partial charge in [0, 0.05) is 31.1 Å². The van der Waals surface area contributed by atoms with E-state index in [1.54, 1.807) is 0 Å².